The maximum absolute atomic E-state index is 12.2. The van der Waals surface area contributed by atoms with Crippen molar-refractivity contribution in [3.8, 4) is 0 Å². The first-order valence-corrected chi connectivity index (χ1v) is 6.30. The van der Waals surface area contributed by atoms with Crippen molar-refractivity contribution in [3.63, 3.8) is 0 Å². The van der Waals surface area contributed by atoms with Gasteiger partial charge in [0.15, 0.2) is 5.78 Å². The van der Waals surface area contributed by atoms with Crippen LogP contribution in [-0.4, -0.2) is 5.78 Å². The molecule has 0 heterocycles. The lowest BCUT2D eigenvalue weighted by Gasteiger charge is -2.23. The molecule has 16 heavy (non-hydrogen) atoms. The highest BCUT2D eigenvalue weighted by molar-refractivity contribution is 6.00. The maximum Gasteiger partial charge on any atom is 0.166 e. The molecule has 0 amide bonds. The van der Waals surface area contributed by atoms with Crippen molar-refractivity contribution in [1.82, 2.24) is 0 Å². The molecule has 2 rings (SSSR count). The van der Waals surface area contributed by atoms with Gasteiger partial charge in [-0.25, -0.2) is 0 Å². The summed E-state index contributed by atoms with van der Waals surface area (Å²) in [5.74, 6) is 1.35. The van der Waals surface area contributed by atoms with Crippen molar-refractivity contribution < 1.29 is 4.79 Å². The van der Waals surface area contributed by atoms with Crippen LogP contribution in [0.15, 0.2) is 24.3 Å². The van der Waals surface area contributed by atoms with Crippen molar-refractivity contribution >= 4 is 5.78 Å². The molecule has 86 valence electrons. The van der Waals surface area contributed by atoms with E-state index in [0.717, 1.165) is 24.8 Å². The van der Waals surface area contributed by atoms with Crippen LogP contribution in [0.4, 0.5) is 0 Å². The Morgan fingerprint density at radius 3 is 2.81 bits per heavy atom. The average Bonchev–Trinajstić information content (AvgIpc) is 2.28. The van der Waals surface area contributed by atoms with Gasteiger partial charge in [0.05, 0.1) is 0 Å². The molecule has 0 saturated heterocycles. The number of ketones is 1. The summed E-state index contributed by atoms with van der Waals surface area (Å²) in [6.45, 7) is 4.45. The lowest BCUT2D eigenvalue weighted by Crippen LogP contribution is -2.22. The Bertz CT molecular complexity index is 379. The molecule has 0 saturated carbocycles. The van der Waals surface area contributed by atoms with Crippen LogP contribution in [0.3, 0.4) is 0 Å². The van der Waals surface area contributed by atoms with Crippen LogP contribution in [-0.2, 0) is 6.42 Å². The molecule has 1 aliphatic carbocycles. The second kappa shape index (κ2) is 4.82. The molecular formula is C15H20O. The van der Waals surface area contributed by atoms with Crippen LogP contribution in [0.5, 0.6) is 0 Å². The highest BCUT2D eigenvalue weighted by atomic mass is 16.1. The summed E-state index contributed by atoms with van der Waals surface area (Å²) in [6.07, 6.45) is 4.34. The number of rotatable bonds is 3. The van der Waals surface area contributed by atoms with Crippen molar-refractivity contribution in [2.24, 2.45) is 11.8 Å². The van der Waals surface area contributed by atoms with E-state index in [1.54, 1.807) is 0 Å². The van der Waals surface area contributed by atoms with Crippen molar-refractivity contribution in [1.29, 1.82) is 0 Å². The molecule has 0 aliphatic heterocycles. The molecule has 0 bridgehead atoms. The molecule has 1 unspecified atom stereocenters. The number of aryl methyl sites for hydroxylation is 1. The Morgan fingerprint density at radius 2 is 2.06 bits per heavy atom. The molecule has 0 spiro atoms. The van der Waals surface area contributed by atoms with E-state index in [-0.39, 0.29) is 5.92 Å². The van der Waals surface area contributed by atoms with E-state index in [1.807, 2.05) is 18.2 Å². The van der Waals surface area contributed by atoms with Gasteiger partial charge in [-0.2, -0.15) is 0 Å². The molecule has 1 atom stereocenters. The summed E-state index contributed by atoms with van der Waals surface area (Å²) in [7, 11) is 0. The van der Waals surface area contributed by atoms with Gasteiger partial charge in [0.1, 0.15) is 0 Å². The van der Waals surface area contributed by atoms with E-state index in [4.69, 9.17) is 0 Å². The highest BCUT2D eigenvalue weighted by Gasteiger charge is 2.26. The summed E-state index contributed by atoms with van der Waals surface area (Å²) in [4.78, 5) is 12.2. The second-order valence-electron chi connectivity index (χ2n) is 5.23. The van der Waals surface area contributed by atoms with Gasteiger partial charge in [-0.15, -0.1) is 0 Å². The fourth-order valence-corrected chi connectivity index (χ4v) is 2.47. The summed E-state index contributed by atoms with van der Waals surface area (Å²) >= 11 is 0. The number of hydrogen-bond donors (Lipinski definition) is 0. The van der Waals surface area contributed by atoms with Crippen molar-refractivity contribution in [2.75, 3.05) is 0 Å². The van der Waals surface area contributed by atoms with E-state index < -0.39 is 0 Å². The molecule has 1 aromatic carbocycles. The SMILES string of the molecule is CC(C)CCC1CCc2ccccc2C1=O. The van der Waals surface area contributed by atoms with Gasteiger partial charge in [-0.3, -0.25) is 4.79 Å². The fraction of sp³-hybridized carbons (Fsp3) is 0.533. The predicted octanol–water partition coefficient (Wildman–Crippen LogP) is 3.87. The van der Waals surface area contributed by atoms with E-state index in [2.05, 4.69) is 19.9 Å². The topological polar surface area (TPSA) is 17.1 Å². The van der Waals surface area contributed by atoms with Crippen molar-refractivity contribution in [3.05, 3.63) is 35.4 Å². The number of carbonyl (C=O) groups excluding carboxylic acids is 1. The zero-order valence-corrected chi connectivity index (χ0v) is 10.2. The monoisotopic (exact) mass is 216 g/mol. The van der Waals surface area contributed by atoms with Crippen molar-refractivity contribution in [2.45, 2.75) is 39.5 Å². The molecule has 0 N–H and O–H groups in total. The van der Waals surface area contributed by atoms with Gasteiger partial charge in [0.25, 0.3) is 0 Å². The molecule has 1 heteroatoms. The lowest BCUT2D eigenvalue weighted by atomic mass is 9.80. The summed E-state index contributed by atoms with van der Waals surface area (Å²) in [5, 5.41) is 0. The van der Waals surface area contributed by atoms with E-state index in [0.29, 0.717) is 11.7 Å². The molecule has 1 nitrogen and oxygen atoms in total. The summed E-state index contributed by atoms with van der Waals surface area (Å²) < 4.78 is 0. The van der Waals surface area contributed by atoms with Gasteiger partial charge in [-0.05, 0) is 30.7 Å². The van der Waals surface area contributed by atoms with Gasteiger partial charge in [-0.1, -0.05) is 44.5 Å². The van der Waals surface area contributed by atoms with Crippen LogP contribution in [0.25, 0.3) is 0 Å². The fourth-order valence-electron chi connectivity index (χ4n) is 2.47. The number of hydrogen-bond acceptors (Lipinski definition) is 1. The van der Waals surface area contributed by atoms with E-state index in [1.165, 1.54) is 12.0 Å². The third kappa shape index (κ3) is 2.34. The van der Waals surface area contributed by atoms with Crippen LogP contribution >= 0.6 is 0 Å². The minimum Gasteiger partial charge on any atom is -0.294 e. The molecule has 0 radical (unpaired) electrons. The first kappa shape index (κ1) is 11.4. The zero-order valence-electron chi connectivity index (χ0n) is 10.2. The maximum atomic E-state index is 12.2. The van der Waals surface area contributed by atoms with Crippen LogP contribution in [0.2, 0.25) is 0 Å². The molecule has 1 aliphatic rings. The number of fused-ring (bicyclic) bond motifs is 1. The smallest absolute Gasteiger partial charge is 0.166 e. The number of Topliss-reactive ketones (excluding diaryl/α,β-unsaturated/α-hetero) is 1. The first-order valence-electron chi connectivity index (χ1n) is 6.30. The van der Waals surface area contributed by atoms with Gasteiger partial charge in [0.2, 0.25) is 0 Å². The van der Waals surface area contributed by atoms with Gasteiger partial charge >= 0.3 is 0 Å². The quantitative estimate of drug-likeness (QED) is 0.749. The Hall–Kier alpha value is -1.11. The first-order chi connectivity index (χ1) is 7.68. The lowest BCUT2D eigenvalue weighted by molar-refractivity contribution is 0.0890. The summed E-state index contributed by atoms with van der Waals surface area (Å²) in [5.41, 5.74) is 2.22. The molecular weight excluding hydrogens is 196 g/mol. The minimum atomic E-state index is 0.275. The second-order valence-corrected chi connectivity index (χ2v) is 5.23. The summed E-state index contributed by atoms with van der Waals surface area (Å²) in [6, 6.07) is 8.08. The minimum absolute atomic E-state index is 0.275. The Labute approximate surface area is 97.9 Å². The third-order valence-electron chi connectivity index (χ3n) is 3.51. The average molecular weight is 216 g/mol. The van der Waals surface area contributed by atoms with E-state index in [9.17, 15) is 4.79 Å². The van der Waals surface area contributed by atoms with Crippen LogP contribution in [0, 0.1) is 11.8 Å². The molecule has 0 aromatic heterocycles. The van der Waals surface area contributed by atoms with Crippen LogP contribution in [0.1, 0.15) is 49.0 Å². The predicted molar refractivity (Wildman–Crippen MR) is 66.7 cm³/mol. The number of benzene rings is 1. The Kier molecular flexibility index (Phi) is 3.42. The standard InChI is InChI=1S/C15H20O/c1-11(2)7-8-13-10-9-12-5-3-4-6-14(12)15(13)16/h3-6,11,13H,7-10H2,1-2H3. The molecule has 1 aromatic rings. The molecule has 0 fully saturated rings. The van der Waals surface area contributed by atoms with Crippen LogP contribution < -0.4 is 0 Å². The third-order valence-corrected chi connectivity index (χ3v) is 3.51. The van der Waals surface area contributed by atoms with Gasteiger partial charge in [0, 0.05) is 11.5 Å². The Morgan fingerprint density at radius 1 is 1.31 bits per heavy atom. The van der Waals surface area contributed by atoms with Gasteiger partial charge < -0.3 is 0 Å². The number of carbonyl (C=O) groups is 1. The largest absolute Gasteiger partial charge is 0.294 e. The highest BCUT2D eigenvalue weighted by Crippen LogP contribution is 2.29. The Balaban J connectivity index is 2.09. The van der Waals surface area contributed by atoms with E-state index >= 15 is 0 Å². The zero-order chi connectivity index (χ0) is 11.5. The normalized spacial score (nSPS) is 19.9.